The molecule has 7 heteroatoms. The highest BCUT2D eigenvalue weighted by Gasteiger charge is 2.24. The number of nitrogens with one attached hydrogen (secondary N) is 1. The molecule has 0 bridgehead atoms. The van der Waals surface area contributed by atoms with Crippen LogP contribution in [0.4, 0.5) is 0 Å². The molecular formula is C16H25NO5S. The third-order valence-electron chi connectivity index (χ3n) is 3.66. The lowest BCUT2D eigenvalue weighted by Gasteiger charge is -2.17. The second-order valence-electron chi connectivity index (χ2n) is 5.42. The maximum Gasteiger partial charge on any atom is 0.244 e. The Kier molecular flexibility index (Phi) is 6.26. The van der Waals surface area contributed by atoms with E-state index < -0.39 is 10.0 Å². The first-order valence-electron chi connectivity index (χ1n) is 7.99. The van der Waals surface area contributed by atoms with Crippen LogP contribution in [0.5, 0.6) is 11.5 Å². The van der Waals surface area contributed by atoms with Gasteiger partial charge in [-0.2, -0.15) is 0 Å². The van der Waals surface area contributed by atoms with Gasteiger partial charge in [0.15, 0.2) is 0 Å². The molecule has 0 radical (unpaired) electrons. The number of benzene rings is 1. The number of hydrogen-bond donors (Lipinski definition) is 1. The van der Waals surface area contributed by atoms with E-state index in [1.807, 2.05) is 20.8 Å². The maximum absolute atomic E-state index is 12.7. The van der Waals surface area contributed by atoms with E-state index >= 15 is 0 Å². The molecule has 0 aromatic heterocycles. The Morgan fingerprint density at radius 2 is 1.91 bits per heavy atom. The average molecular weight is 343 g/mol. The van der Waals surface area contributed by atoms with Crippen LogP contribution in [-0.4, -0.2) is 40.9 Å². The largest absolute Gasteiger partial charge is 0.494 e. The molecule has 2 rings (SSSR count). The van der Waals surface area contributed by atoms with Gasteiger partial charge in [-0.3, -0.25) is 0 Å². The third kappa shape index (κ3) is 4.59. The lowest BCUT2D eigenvalue weighted by atomic mass is 10.2. The molecule has 1 aliphatic rings. The highest BCUT2D eigenvalue weighted by molar-refractivity contribution is 7.89. The molecule has 1 aliphatic heterocycles. The molecule has 0 unspecified atom stereocenters. The summed E-state index contributed by atoms with van der Waals surface area (Å²) in [5.74, 6) is 0.890. The number of rotatable bonds is 8. The fraction of sp³-hybridized carbons (Fsp3) is 0.625. The van der Waals surface area contributed by atoms with E-state index in [9.17, 15) is 8.42 Å². The van der Waals surface area contributed by atoms with Crippen LogP contribution in [0.3, 0.4) is 0 Å². The third-order valence-corrected chi connectivity index (χ3v) is 5.10. The number of sulfonamides is 1. The predicted molar refractivity (Wildman–Crippen MR) is 87.7 cm³/mol. The number of ether oxygens (including phenoxy) is 3. The van der Waals surface area contributed by atoms with Crippen molar-refractivity contribution in [1.29, 1.82) is 0 Å². The molecule has 23 heavy (non-hydrogen) atoms. The first kappa shape index (κ1) is 18.0. The molecule has 1 fully saturated rings. The Morgan fingerprint density at radius 3 is 2.52 bits per heavy atom. The Bertz CT molecular complexity index is 624. The van der Waals surface area contributed by atoms with E-state index in [4.69, 9.17) is 14.2 Å². The number of aryl methyl sites for hydroxylation is 1. The Morgan fingerprint density at radius 1 is 1.22 bits per heavy atom. The van der Waals surface area contributed by atoms with E-state index in [1.165, 1.54) is 6.07 Å². The van der Waals surface area contributed by atoms with Gasteiger partial charge in [0, 0.05) is 19.2 Å². The fourth-order valence-electron chi connectivity index (χ4n) is 2.52. The van der Waals surface area contributed by atoms with Crippen LogP contribution in [0.15, 0.2) is 17.0 Å². The zero-order chi connectivity index (χ0) is 16.9. The van der Waals surface area contributed by atoms with Crippen molar-refractivity contribution in [3.8, 4) is 11.5 Å². The molecular weight excluding hydrogens is 318 g/mol. The second kappa shape index (κ2) is 7.99. The van der Waals surface area contributed by atoms with Gasteiger partial charge in [0.05, 0.1) is 19.3 Å². The zero-order valence-corrected chi connectivity index (χ0v) is 14.7. The topological polar surface area (TPSA) is 73.9 Å². The minimum atomic E-state index is -3.69. The standard InChI is InChI=1S/C16H25NO5S/c1-4-20-14-10-16(15(21-5-2)9-12(14)3)23(18,19)17-11-13-7-6-8-22-13/h9-10,13,17H,4-8,11H2,1-3H3/t13-/m1/s1. The van der Waals surface area contributed by atoms with Crippen molar-refractivity contribution in [3.63, 3.8) is 0 Å². The van der Waals surface area contributed by atoms with Crippen molar-refractivity contribution in [1.82, 2.24) is 4.72 Å². The minimum absolute atomic E-state index is 0.0582. The summed E-state index contributed by atoms with van der Waals surface area (Å²) in [6, 6.07) is 3.23. The quantitative estimate of drug-likeness (QED) is 0.784. The molecule has 1 saturated heterocycles. The molecule has 0 saturated carbocycles. The van der Waals surface area contributed by atoms with Crippen molar-refractivity contribution in [2.45, 2.75) is 44.6 Å². The summed E-state index contributed by atoms with van der Waals surface area (Å²) in [6.45, 7) is 7.37. The molecule has 1 atom stereocenters. The minimum Gasteiger partial charge on any atom is -0.494 e. The summed E-state index contributed by atoms with van der Waals surface area (Å²) in [7, 11) is -3.69. The highest BCUT2D eigenvalue weighted by atomic mass is 32.2. The summed E-state index contributed by atoms with van der Waals surface area (Å²) in [5, 5.41) is 0. The van der Waals surface area contributed by atoms with Crippen LogP contribution < -0.4 is 14.2 Å². The fourth-order valence-corrected chi connectivity index (χ4v) is 3.72. The van der Waals surface area contributed by atoms with Gasteiger partial charge in [0.25, 0.3) is 0 Å². The smallest absolute Gasteiger partial charge is 0.244 e. The van der Waals surface area contributed by atoms with Crippen molar-refractivity contribution in [2.75, 3.05) is 26.4 Å². The van der Waals surface area contributed by atoms with E-state index in [0.29, 0.717) is 31.3 Å². The van der Waals surface area contributed by atoms with E-state index in [1.54, 1.807) is 6.07 Å². The van der Waals surface area contributed by atoms with Crippen LogP contribution in [0.25, 0.3) is 0 Å². The lowest BCUT2D eigenvalue weighted by molar-refractivity contribution is 0.114. The Labute approximate surface area is 138 Å². The van der Waals surface area contributed by atoms with Gasteiger partial charge in [-0.25, -0.2) is 13.1 Å². The monoisotopic (exact) mass is 343 g/mol. The average Bonchev–Trinajstić information content (AvgIpc) is 3.01. The van der Waals surface area contributed by atoms with Gasteiger partial charge >= 0.3 is 0 Å². The summed E-state index contributed by atoms with van der Waals surface area (Å²) in [4.78, 5) is 0.103. The zero-order valence-electron chi connectivity index (χ0n) is 13.9. The summed E-state index contributed by atoms with van der Waals surface area (Å²) < 4.78 is 44.4. The van der Waals surface area contributed by atoms with Crippen LogP contribution in [-0.2, 0) is 14.8 Å². The summed E-state index contributed by atoms with van der Waals surface area (Å²) in [6.07, 6.45) is 1.78. The summed E-state index contributed by atoms with van der Waals surface area (Å²) >= 11 is 0. The molecule has 1 aromatic carbocycles. The van der Waals surface area contributed by atoms with Gasteiger partial charge in [-0.1, -0.05) is 0 Å². The molecule has 6 nitrogen and oxygen atoms in total. The van der Waals surface area contributed by atoms with Crippen molar-refractivity contribution >= 4 is 10.0 Å². The first-order valence-corrected chi connectivity index (χ1v) is 9.47. The van der Waals surface area contributed by atoms with Crippen LogP contribution in [0, 0.1) is 6.92 Å². The first-order chi connectivity index (χ1) is 11.0. The molecule has 1 aromatic rings. The molecule has 0 spiro atoms. The van der Waals surface area contributed by atoms with Crippen molar-refractivity contribution in [2.24, 2.45) is 0 Å². The van der Waals surface area contributed by atoms with Gasteiger partial charge < -0.3 is 14.2 Å². The molecule has 0 amide bonds. The molecule has 1 heterocycles. The summed E-state index contributed by atoms with van der Waals surface area (Å²) in [5.41, 5.74) is 0.841. The molecule has 0 aliphatic carbocycles. The van der Waals surface area contributed by atoms with Gasteiger partial charge in [-0.15, -0.1) is 0 Å². The van der Waals surface area contributed by atoms with Gasteiger partial charge in [0.2, 0.25) is 10.0 Å². The van der Waals surface area contributed by atoms with E-state index in [-0.39, 0.29) is 17.5 Å². The molecule has 130 valence electrons. The normalized spacial score (nSPS) is 18.1. The van der Waals surface area contributed by atoms with Crippen molar-refractivity contribution < 1.29 is 22.6 Å². The number of hydrogen-bond acceptors (Lipinski definition) is 5. The second-order valence-corrected chi connectivity index (χ2v) is 7.15. The van der Waals surface area contributed by atoms with Gasteiger partial charge in [0.1, 0.15) is 16.4 Å². The van der Waals surface area contributed by atoms with Crippen LogP contribution in [0.1, 0.15) is 32.3 Å². The van der Waals surface area contributed by atoms with Crippen LogP contribution >= 0.6 is 0 Å². The van der Waals surface area contributed by atoms with Crippen molar-refractivity contribution in [3.05, 3.63) is 17.7 Å². The Balaban J connectivity index is 2.27. The van der Waals surface area contributed by atoms with E-state index in [0.717, 1.165) is 18.4 Å². The lowest BCUT2D eigenvalue weighted by Crippen LogP contribution is -2.32. The predicted octanol–water partition coefficient (Wildman–Crippen LogP) is 2.25. The SMILES string of the molecule is CCOc1cc(S(=O)(=O)NC[C@H]2CCCO2)c(OCC)cc1C. The van der Waals surface area contributed by atoms with Crippen LogP contribution in [0.2, 0.25) is 0 Å². The molecule has 1 N–H and O–H groups in total. The Hall–Kier alpha value is -1.31. The van der Waals surface area contributed by atoms with Gasteiger partial charge in [-0.05, 0) is 45.2 Å². The highest BCUT2D eigenvalue weighted by Crippen LogP contribution is 2.32. The maximum atomic E-state index is 12.7. The van der Waals surface area contributed by atoms with E-state index in [2.05, 4.69) is 4.72 Å².